The molecule has 1 aromatic rings. The fraction of sp³-hybridized carbons (Fsp3) is 0.417. The number of carbonyl (C=O) groups excluding carboxylic acids is 1. The lowest BCUT2D eigenvalue weighted by Crippen LogP contribution is -2.25. The Morgan fingerprint density at radius 3 is 2.40 bits per heavy atom. The monoisotopic (exact) mass is 210 g/mol. The molecule has 0 saturated carbocycles. The first kappa shape index (κ1) is 11.7. The van der Waals surface area contributed by atoms with Crippen LogP contribution in [0, 0.1) is 12.7 Å². The number of halogens is 1. The molecule has 0 amide bonds. The van der Waals surface area contributed by atoms with Crippen LogP contribution in [-0.4, -0.2) is 11.6 Å². The molecule has 0 atom stereocenters. The molecule has 0 aromatic heterocycles. The van der Waals surface area contributed by atoms with E-state index in [2.05, 4.69) is 0 Å². The minimum absolute atomic E-state index is 0.0208. The molecule has 0 saturated heterocycles. The van der Waals surface area contributed by atoms with E-state index in [1.807, 2.05) is 0 Å². The molecular weight excluding hydrogens is 195 g/mol. The van der Waals surface area contributed by atoms with Crippen LogP contribution in [0.4, 0.5) is 4.39 Å². The third kappa shape index (κ3) is 3.05. The van der Waals surface area contributed by atoms with Crippen molar-refractivity contribution in [2.45, 2.75) is 33.3 Å². The second kappa shape index (κ2) is 4.01. The predicted octanol–water partition coefficient (Wildman–Crippen LogP) is 3.09. The van der Waals surface area contributed by atoms with Crippen molar-refractivity contribution in [2.75, 3.05) is 0 Å². The van der Waals surface area contributed by atoms with Gasteiger partial charge in [-0.15, -0.1) is 0 Å². The highest BCUT2D eigenvalue weighted by atomic mass is 19.1. The number of benzene rings is 1. The summed E-state index contributed by atoms with van der Waals surface area (Å²) in [7, 11) is 0. The van der Waals surface area contributed by atoms with Crippen LogP contribution < -0.4 is 0 Å². The van der Waals surface area contributed by atoms with E-state index in [-0.39, 0.29) is 5.56 Å². The van der Waals surface area contributed by atoms with Gasteiger partial charge in [-0.1, -0.05) is 12.1 Å². The number of rotatable bonds is 1. The molecule has 0 aliphatic carbocycles. The van der Waals surface area contributed by atoms with Gasteiger partial charge in [-0.2, -0.15) is 0 Å². The number of esters is 1. The molecule has 0 spiro atoms. The highest BCUT2D eigenvalue weighted by Crippen LogP contribution is 2.17. The van der Waals surface area contributed by atoms with Crippen molar-refractivity contribution in [3.63, 3.8) is 0 Å². The summed E-state index contributed by atoms with van der Waals surface area (Å²) in [5, 5.41) is 0. The van der Waals surface area contributed by atoms with Crippen molar-refractivity contribution in [1.29, 1.82) is 0 Å². The summed E-state index contributed by atoms with van der Waals surface area (Å²) in [4.78, 5) is 11.6. The van der Waals surface area contributed by atoms with E-state index in [0.29, 0.717) is 5.56 Å². The van der Waals surface area contributed by atoms with Crippen molar-refractivity contribution in [3.8, 4) is 0 Å². The normalized spacial score (nSPS) is 11.3. The molecule has 0 radical (unpaired) electrons. The first-order chi connectivity index (χ1) is 6.81. The van der Waals surface area contributed by atoms with Crippen molar-refractivity contribution in [1.82, 2.24) is 0 Å². The zero-order chi connectivity index (χ0) is 11.6. The summed E-state index contributed by atoms with van der Waals surface area (Å²) in [6.07, 6.45) is 0. The summed E-state index contributed by atoms with van der Waals surface area (Å²) in [6, 6.07) is 4.51. The molecule has 1 aromatic carbocycles. The molecule has 0 bridgehead atoms. The molecule has 0 aliphatic rings. The molecule has 15 heavy (non-hydrogen) atoms. The Labute approximate surface area is 89.1 Å². The third-order valence-corrected chi connectivity index (χ3v) is 1.82. The van der Waals surface area contributed by atoms with Crippen LogP contribution in [0.25, 0.3) is 0 Å². The Morgan fingerprint density at radius 2 is 1.93 bits per heavy atom. The van der Waals surface area contributed by atoms with E-state index in [1.54, 1.807) is 39.8 Å². The Bertz CT molecular complexity index is 357. The molecule has 0 fully saturated rings. The molecule has 0 unspecified atom stereocenters. The Morgan fingerprint density at radius 1 is 1.33 bits per heavy atom. The van der Waals surface area contributed by atoms with Crippen LogP contribution >= 0.6 is 0 Å². The zero-order valence-electron chi connectivity index (χ0n) is 9.43. The maximum absolute atomic E-state index is 13.4. The van der Waals surface area contributed by atoms with E-state index in [1.165, 1.54) is 6.07 Å². The maximum atomic E-state index is 13.4. The van der Waals surface area contributed by atoms with Crippen molar-refractivity contribution < 1.29 is 13.9 Å². The number of carbonyl (C=O) groups is 1. The summed E-state index contributed by atoms with van der Waals surface area (Å²) in [6.45, 7) is 6.94. The van der Waals surface area contributed by atoms with Gasteiger partial charge in [0.15, 0.2) is 0 Å². The minimum Gasteiger partial charge on any atom is -0.456 e. The van der Waals surface area contributed by atoms with Gasteiger partial charge in [0.1, 0.15) is 11.4 Å². The van der Waals surface area contributed by atoms with Crippen molar-refractivity contribution >= 4 is 5.97 Å². The summed E-state index contributed by atoms with van der Waals surface area (Å²) in [5.74, 6) is -1.15. The van der Waals surface area contributed by atoms with Gasteiger partial charge in [0.05, 0.1) is 5.56 Å². The van der Waals surface area contributed by atoms with Crippen LogP contribution in [0.3, 0.4) is 0 Å². The smallest absolute Gasteiger partial charge is 0.341 e. The molecular formula is C12H15FO2. The molecule has 3 heteroatoms. The topological polar surface area (TPSA) is 26.3 Å². The lowest BCUT2D eigenvalue weighted by Gasteiger charge is -2.20. The van der Waals surface area contributed by atoms with Crippen LogP contribution in [-0.2, 0) is 4.74 Å². The van der Waals surface area contributed by atoms with E-state index in [4.69, 9.17) is 4.74 Å². The average Bonchev–Trinajstić information content (AvgIpc) is 1.99. The van der Waals surface area contributed by atoms with Gasteiger partial charge in [-0.25, -0.2) is 9.18 Å². The second-order valence-electron chi connectivity index (χ2n) is 4.43. The summed E-state index contributed by atoms with van der Waals surface area (Å²) < 4.78 is 18.5. The Balaban J connectivity index is 3.02. The van der Waals surface area contributed by atoms with Gasteiger partial charge in [-0.05, 0) is 39.3 Å². The zero-order valence-corrected chi connectivity index (χ0v) is 9.43. The number of hydrogen-bond acceptors (Lipinski definition) is 2. The molecule has 1 rings (SSSR count). The van der Waals surface area contributed by atoms with Crippen LogP contribution in [0.2, 0.25) is 0 Å². The largest absolute Gasteiger partial charge is 0.456 e. The van der Waals surface area contributed by atoms with Crippen molar-refractivity contribution in [2.24, 2.45) is 0 Å². The van der Waals surface area contributed by atoms with Crippen molar-refractivity contribution in [3.05, 3.63) is 35.1 Å². The maximum Gasteiger partial charge on any atom is 0.341 e. The summed E-state index contributed by atoms with van der Waals surface area (Å²) in [5.41, 5.74) is 0.00268. The highest BCUT2D eigenvalue weighted by Gasteiger charge is 2.21. The SMILES string of the molecule is Cc1cccc(F)c1C(=O)OC(C)(C)C. The lowest BCUT2D eigenvalue weighted by atomic mass is 10.1. The quantitative estimate of drug-likeness (QED) is 0.666. The Kier molecular flexibility index (Phi) is 3.12. The standard InChI is InChI=1S/C12H15FO2/c1-8-6-5-7-9(13)10(8)11(14)15-12(2,3)4/h5-7H,1-4H3. The van der Waals surface area contributed by atoms with Gasteiger partial charge >= 0.3 is 5.97 Å². The fourth-order valence-corrected chi connectivity index (χ4v) is 1.22. The van der Waals surface area contributed by atoms with Crippen LogP contribution in [0.5, 0.6) is 0 Å². The van der Waals surface area contributed by atoms with E-state index in [9.17, 15) is 9.18 Å². The van der Waals surface area contributed by atoms with Gasteiger partial charge in [-0.3, -0.25) is 0 Å². The molecule has 0 aliphatic heterocycles. The van der Waals surface area contributed by atoms with Gasteiger partial charge in [0.25, 0.3) is 0 Å². The van der Waals surface area contributed by atoms with Crippen LogP contribution in [0.1, 0.15) is 36.7 Å². The highest BCUT2D eigenvalue weighted by molar-refractivity contribution is 5.91. The predicted molar refractivity (Wildman–Crippen MR) is 56.3 cm³/mol. The van der Waals surface area contributed by atoms with Gasteiger partial charge in [0.2, 0.25) is 0 Å². The average molecular weight is 210 g/mol. The Hall–Kier alpha value is -1.38. The number of aryl methyl sites for hydroxylation is 1. The fourth-order valence-electron chi connectivity index (χ4n) is 1.22. The molecule has 0 N–H and O–H groups in total. The van der Waals surface area contributed by atoms with E-state index >= 15 is 0 Å². The minimum atomic E-state index is -0.613. The molecule has 82 valence electrons. The van der Waals surface area contributed by atoms with E-state index in [0.717, 1.165) is 0 Å². The molecule has 0 heterocycles. The third-order valence-electron chi connectivity index (χ3n) is 1.82. The first-order valence-electron chi connectivity index (χ1n) is 4.80. The van der Waals surface area contributed by atoms with E-state index < -0.39 is 17.4 Å². The number of ether oxygens (including phenoxy) is 1. The number of hydrogen-bond donors (Lipinski definition) is 0. The molecule has 2 nitrogen and oxygen atoms in total. The lowest BCUT2D eigenvalue weighted by molar-refractivity contribution is 0.00639. The first-order valence-corrected chi connectivity index (χ1v) is 4.80. The van der Waals surface area contributed by atoms with Gasteiger partial charge < -0.3 is 4.74 Å². The van der Waals surface area contributed by atoms with Crippen LogP contribution in [0.15, 0.2) is 18.2 Å². The second-order valence-corrected chi connectivity index (χ2v) is 4.43. The summed E-state index contributed by atoms with van der Waals surface area (Å²) >= 11 is 0. The van der Waals surface area contributed by atoms with Gasteiger partial charge in [0, 0.05) is 0 Å².